The Bertz CT molecular complexity index is 317. The van der Waals surface area contributed by atoms with Crippen molar-refractivity contribution in [1.29, 1.82) is 0 Å². The molecule has 4 nitrogen and oxygen atoms in total. The van der Waals surface area contributed by atoms with Crippen molar-refractivity contribution >= 4 is 5.91 Å². The van der Waals surface area contributed by atoms with Gasteiger partial charge in [-0.05, 0) is 19.3 Å². The molecular weight excluding hydrogens is 240 g/mol. The molecule has 0 aromatic carbocycles. The first kappa shape index (κ1) is 14.8. The number of hydrogen-bond acceptors (Lipinski definition) is 3. The molecule has 0 aliphatic carbocycles. The van der Waals surface area contributed by atoms with Gasteiger partial charge in [0, 0.05) is 44.7 Å². The van der Waals surface area contributed by atoms with Gasteiger partial charge in [0.05, 0.1) is 6.10 Å². The van der Waals surface area contributed by atoms with E-state index in [1.54, 1.807) is 7.11 Å². The fourth-order valence-electron chi connectivity index (χ4n) is 3.19. The third-order valence-corrected chi connectivity index (χ3v) is 4.42. The van der Waals surface area contributed by atoms with Gasteiger partial charge in [-0.1, -0.05) is 20.8 Å². The lowest BCUT2D eigenvalue weighted by atomic mass is 9.92. The van der Waals surface area contributed by atoms with Crippen LogP contribution in [0.5, 0.6) is 0 Å². The van der Waals surface area contributed by atoms with Crippen LogP contribution in [-0.2, 0) is 9.53 Å². The molecule has 0 unspecified atom stereocenters. The zero-order valence-corrected chi connectivity index (χ0v) is 12.8. The Morgan fingerprint density at radius 1 is 1.11 bits per heavy atom. The summed E-state index contributed by atoms with van der Waals surface area (Å²) < 4.78 is 5.43. The van der Waals surface area contributed by atoms with Crippen LogP contribution >= 0.6 is 0 Å². The van der Waals surface area contributed by atoms with E-state index in [4.69, 9.17) is 4.74 Å². The average Bonchev–Trinajstić information content (AvgIpc) is 2.86. The Hall–Kier alpha value is -0.610. The molecule has 1 atom stereocenters. The van der Waals surface area contributed by atoms with E-state index in [2.05, 4.69) is 4.90 Å². The zero-order valence-electron chi connectivity index (χ0n) is 12.8. The Balaban J connectivity index is 1.81. The zero-order chi connectivity index (χ0) is 14.0. The van der Waals surface area contributed by atoms with E-state index in [0.29, 0.717) is 18.1 Å². The normalized spacial score (nSPS) is 26.9. The first-order chi connectivity index (χ1) is 8.91. The molecule has 2 aliphatic heterocycles. The molecule has 1 amide bonds. The summed E-state index contributed by atoms with van der Waals surface area (Å²) >= 11 is 0. The monoisotopic (exact) mass is 268 g/mol. The number of amides is 1. The van der Waals surface area contributed by atoms with Crippen molar-refractivity contribution in [2.45, 2.75) is 52.2 Å². The van der Waals surface area contributed by atoms with Crippen LogP contribution in [0.25, 0.3) is 0 Å². The molecule has 19 heavy (non-hydrogen) atoms. The predicted molar refractivity (Wildman–Crippen MR) is 76.0 cm³/mol. The smallest absolute Gasteiger partial charge is 0.227 e. The molecule has 0 saturated carbocycles. The predicted octanol–water partition coefficient (Wildman–Crippen LogP) is 1.74. The molecule has 2 saturated heterocycles. The number of hydrogen-bond donors (Lipinski definition) is 0. The quantitative estimate of drug-likeness (QED) is 0.765. The Labute approximate surface area is 117 Å². The molecule has 4 heteroatoms. The molecule has 2 heterocycles. The number of ether oxygens (including phenoxy) is 1. The van der Waals surface area contributed by atoms with Gasteiger partial charge in [-0.15, -0.1) is 0 Å². The lowest BCUT2D eigenvalue weighted by molar-refractivity contribution is -0.141. The fraction of sp³-hybridized carbons (Fsp3) is 0.933. The van der Waals surface area contributed by atoms with Crippen LogP contribution in [0.15, 0.2) is 0 Å². The number of piperidine rings is 1. The van der Waals surface area contributed by atoms with E-state index < -0.39 is 0 Å². The number of rotatable bonds is 2. The third-order valence-electron chi connectivity index (χ3n) is 4.42. The summed E-state index contributed by atoms with van der Waals surface area (Å²) in [5, 5.41) is 0. The molecular formula is C15H28N2O2. The molecule has 0 radical (unpaired) electrons. The van der Waals surface area contributed by atoms with Crippen molar-refractivity contribution in [3.63, 3.8) is 0 Å². The Morgan fingerprint density at radius 3 is 2.21 bits per heavy atom. The molecule has 110 valence electrons. The summed E-state index contributed by atoms with van der Waals surface area (Å²) in [4.78, 5) is 16.8. The summed E-state index contributed by atoms with van der Waals surface area (Å²) in [5.41, 5.74) is -0.248. The van der Waals surface area contributed by atoms with Crippen LogP contribution in [0.1, 0.15) is 40.0 Å². The average molecular weight is 268 g/mol. The topological polar surface area (TPSA) is 32.8 Å². The lowest BCUT2D eigenvalue weighted by Crippen LogP contribution is -2.49. The van der Waals surface area contributed by atoms with Gasteiger partial charge in [0.2, 0.25) is 5.91 Å². The van der Waals surface area contributed by atoms with E-state index in [1.807, 2.05) is 25.7 Å². The summed E-state index contributed by atoms with van der Waals surface area (Å²) in [6, 6.07) is 0.643. The van der Waals surface area contributed by atoms with E-state index in [1.165, 1.54) is 0 Å². The van der Waals surface area contributed by atoms with E-state index in [0.717, 1.165) is 45.4 Å². The highest BCUT2D eigenvalue weighted by atomic mass is 16.5. The van der Waals surface area contributed by atoms with Crippen LogP contribution < -0.4 is 0 Å². The molecule has 0 aromatic heterocycles. The van der Waals surface area contributed by atoms with Gasteiger partial charge < -0.3 is 9.64 Å². The van der Waals surface area contributed by atoms with Crippen molar-refractivity contribution in [3.8, 4) is 0 Å². The van der Waals surface area contributed by atoms with Gasteiger partial charge >= 0.3 is 0 Å². The van der Waals surface area contributed by atoms with Crippen LogP contribution in [0.2, 0.25) is 0 Å². The van der Waals surface area contributed by atoms with Gasteiger partial charge in [-0.3, -0.25) is 9.69 Å². The maximum Gasteiger partial charge on any atom is 0.227 e. The number of carbonyl (C=O) groups excluding carboxylic acids is 1. The minimum absolute atomic E-state index is 0.248. The molecule has 2 aliphatic rings. The first-order valence-corrected chi connectivity index (χ1v) is 7.48. The van der Waals surface area contributed by atoms with Crippen LogP contribution in [-0.4, -0.2) is 61.1 Å². The fourth-order valence-corrected chi connectivity index (χ4v) is 3.19. The molecule has 0 bridgehead atoms. The highest BCUT2D eigenvalue weighted by Gasteiger charge is 2.34. The molecule has 0 N–H and O–H groups in total. The molecule has 0 spiro atoms. The maximum absolute atomic E-state index is 12.2. The van der Waals surface area contributed by atoms with Crippen LogP contribution in [0, 0.1) is 5.41 Å². The maximum atomic E-state index is 12.2. The third kappa shape index (κ3) is 3.48. The Kier molecular flexibility index (Phi) is 4.51. The van der Waals surface area contributed by atoms with Crippen molar-refractivity contribution in [2.24, 2.45) is 5.41 Å². The highest BCUT2D eigenvalue weighted by Crippen LogP contribution is 2.25. The summed E-state index contributed by atoms with van der Waals surface area (Å²) in [6.45, 7) is 10.1. The van der Waals surface area contributed by atoms with Gasteiger partial charge in [-0.2, -0.15) is 0 Å². The summed E-state index contributed by atoms with van der Waals surface area (Å²) in [5.74, 6) is 0.294. The number of carbonyl (C=O) groups is 1. The minimum Gasteiger partial charge on any atom is -0.380 e. The van der Waals surface area contributed by atoms with Crippen molar-refractivity contribution in [2.75, 3.05) is 33.3 Å². The van der Waals surface area contributed by atoms with Gasteiger partial charge in [0.15, 0.2) is 0 Å². The Morgan fingerprint density at radius 2 is 1.74 bits per heavy atom. The number of nitrogens with zero attached hydrogens (tertiary/aromatic N) is 2. The standard InChI is InChI=1S/C15H28N2O2/c1-15(2,3)14(18)16-8-5-12(6-9-16)17-10-7-13(11-17)19-4/h12-13H,5-11H2,1-4H3/t13-/m1/s1. The largest absolute Gasteiger partial charge is 0.380 e. The minimum atomic E-state index is -0.248. The molecule has 2 rings (SSSR count). The van der Waals surface area contributed by atoms with Gasteiger partial charge in [0.25, 0.3) is 0 Å². The SMILES string of the molecule is CO[C@@H]1CCN(C2CCN(C(=O)C(C)(C)C)CC2)C1. The van der Waals surface area contributed by atoms with E-state index in [-0.39, 0.29) is 5.41 Å². The second kappa shape index (κ2) is 5.80. The number of methoxy groups -OCH3 is 1. The number of likely N-dealkylation sites (tertiary alicyclic amines) is 2. The second-order valence-corrected chi connectivity index (χ2v) is 6.91. The van der Waals surface area contributed by atoms with Crippen molar-refractivity contribution in [1.82, 2.24) is 9.80 Å². The van der Waals surface area contributed by atoms with Gasteiger partial charge in [0.1, 0.15) is 0 Å². The molecule has 0 aromatic rings. The van der Waals surface area contributed by atoms with Crippen molar-refractivity contribution < 1.29 is 9.53 Å². The lowest BCUT2D eigenvalue weighted by Gasteiger charge is -2.39. The summed E-state index contributed by atoms with van der Waals surface area (Å²) in [6.07, 6.45) is 3.78. The van der Waals surface area contributed by atoms with E-state index in [9.17, 15) is 4.79 Å². The first-order valence-electron chi connectivity index (χ1n) is 7.48. The summed E-state index contributed by atoms with van der Waals surface area (Å²) in [7, 11) is 1.80. The van der Waals surface area contributed by atoms with Crippen LogP contribution in [0.3, 0.4) is 0 Å². The molecule has 2 fully saturated rings. The highest BCUT2D eigenvalue weighted by molar-refractivity contribution is 5.81. The van der Waals surface area contributed by atoms with Crippen LogP contribution in [0.4, 0.5) is 0 Å². The van der Waals surface area contributed by atoms with E-state index >= 15 is 0 Å². The van der Waals surface area contributed by atoms with Gasteiger partial charge in [-0.25, -0.2) is 0 Å². The van der Waals surface area contributed by atoms with Crippen molar-refractivity contribution in [3.05, 3.63) is 0 Å². The second-order valence-electron chi connectivity index (χ2n) is 6.91.